The summed E-state index contributed by atoms with van der Waals surface area (Å²) in [5, 5.41) is 19.9. The normalized spacial score (nSPS) is 29.0. The van der Waals surface area contributed by atoms with E-state index >= 15 is 0 Å². The van der Waals surface area contributed by atoms with Crippen LogP contribution in [0.1, 0.15) is 37.9 Å². The zero-order valence-electron chi connectivity index (χ0n) is 17.8. The van der Waals surface area contributed by atoms with E-state index < -0.39 is 47.9 Å². The summed E-state index contributed by atoms with van der Waals surface area (Å²) in [6, 6.07) is 8.36. The van der Waals surface area contributed by atoms with Gasteiger partial charge in [-0.3, -0.25) is 9.59 Å². The monoisotopic (exact) mass is 511 g/mol. The third-order valence-corrected chi connectivity index (χ3v) is 6.42. The minimum atomic E-state index is -1.87. The number of amides is 2. The Morgan fingerprint density at radius 2 is 1.97 bits per heavy atom. The maximum Gasteiger partial charge on any atom is 0.417 e. The molecule has 0 spiro atoms. The molecule has 32 heavy (non-hydrogen) atoms. The van der Waals surface area contributed by atoms with Crippen molar-refractivity contribution in [3.05, 3.63) is 46.5 Å². The van der Waals surface area contributed by atoms with Crippen LogP contribution in [0.5, 0.6) is 0 Å². The number of ether oxygens (including phenoxy) is 3. The van der Waals surface area contributed by atoms with Gasteiger partial charge >= 0.3 is 6.09 Å². The van der Waals surface area contributed by atoms with Crippen molar-refractivity contribution in [2.75, 3.05) is 13.7 Å². The quantitative estimate of drug-likeness (QED) is 0.509. The van der Waals surface area contributed by atoms with Crippen LogP contribution in [0.4, 0.5) is 4.79 Å². The van der Waals surface area contributed by atoms with Crippen LogP contribution in [0.3, 0.4) is 0 Å². The molecule has 0 aromatic heterocycles. The first kappa shape index (κ1) is 24.5. The van der Waals surface area contributed by atoms with Crippen molar-refractivity contribution in [2.45, 2.75) is 56.3 Å². The van der Waals surface area contributed by atoms with Crippen molar-refractivity contribution < 1.29 is 38.8 Å². The fourth-order valence-corrected chi connectivity index (χ4v) is 4.36. The van der Waals surface area contributed by atoms with Gasteiger partial charge in [-0.15, -0.1) is 0 Å². The first-order chi connectivity index (χ1) is 15.2. The number of unbranched alkanes of at least 4 members (excludes halogenated alkanes) is 1. The number of rotatable bonds is 8. The van der Waals surface area contributed by atoms with E-state index in [1.807, 2.05) is 6.07 Å². The molecule has 5 atom stereocenters. The van der Waals surface area contributed by atoms with Gasteiger partial charge in [0.15, 0.2) is 23.8 Å². The molecular formula is C22H26BrNO8. The molecule has 0 saturated carbocycles. The SMILES string of the molecule is CO[C@@H](C(=O)N1C(=O)O[C@@H](c2ccccc2)[C@H]1C)[C@@H]1O[C@@](O)(CCCCO)C(Br)=CC1=O. The van der Waals surface area contributed by atoms with E-state index in [0.717, 1.165) is 16.5 Å². The van der Waals surface area contributed by atoms with Gasteiger partial charge in [0, 0.05) is 20.1 Å². The number of cyclic esters (lactones) is 1. The standard InChI is InChI=1S/C22H26BrNO8/c1-13-17(14-8-4-3-5-9-14)31-21(28)24(13)20(27)19(30-2)18-15(26)12-16(23)22(29,32-18)10-6-7-11-25/h3-5,8-9,12-13,17-19,25,29H,6-7,10-11H2,1-2H3/t13-,17-,18-,19-,22+/m1/s1. The molecule has 2 N–H and O–H groups in total. The molecule has 1 fully saturated rings. The number of aliphatic hydroxyl groups excluding tert-OH is 1. The maximum atomic E-state index is 13.3. The Kier molecular flexibility index (Phi) is 7.84. The summed E-state index contributed by atoms with van der Waals surface area (Å²) in [5.74, 6) is -3.26. The number of carbonyl (C=O) groups is 3. The molecule has 0 aliphatic carbocycles. The van der Waals surface area contributed by atoms with Gasteiger partial charge in [-0.25, -0.2) is 9.69 Å². The summed E-state index contributed by atoms with van der Waals surface area (Å²) in [6.07, 6.45) is -2.40. The molecule has 0 bridgehead atoms. The Balaban J connectivity index is 1.82. The van der Waals surface area contributed by atoms with Gasteiger partial charge < -0.3 is 24.4 Å². The number of nitrogens with zero attached hydrogens (tertiary/aromatic N) is 1. The Morgan fingerprint density at radius 3 is 2.59 bits per heavy atom. The summed E-state index contributed by atoms with van der Waals surface area (Å²) in [5.41, 5.74) is 0.729. The molecule has 2 heterocycles. The second kappa shape index (κ2) is 10.2. The highest BCUT2D eigenvalue weighted by Crippen LogP contribution is 2.37. The van der Waals surface area contributed by atoms with E-state index in [4.69, 9.17) is 19.3 Å². The lowest BCUT2D eigenvalue weighted by Crippen LogP contribution is -2.56. The smallest absolute Gasteiger partial charge is 0.417 e. The molecule has 2 aliphatic heterocycles. The van der Waals surface area contributed by atoms with Crippen LogP contribution in [-0.2, 0) is 23.8 Å². The van der Waals surface area contributed by atoms with Gasteiger partial charge in [0.05, 0.1) is 10.5 Å². The Labute approximate surface area is 194 Å². The lowest BCUT2D eigenvalue weighted by Gasteiger charge is -2.38. The molecule has 1 aromatic carbocycles. The van der Waals surface area contributed by atoms with E-state index in [1.165, 1.54) is 7.11 Å². The van der Waals surface area contributed by atoms with Crippen LogP contribution in [0.2, 0.25) is 0 Å². The zero-order chi connectivity index (χ0) is 23.5. The predicted octanol–water partition coefficient (Wildman–Crippen LogP) is 2.21. The highest BCUT2D eigenvalue weighted by atomic mass is 79.9. The molecular weight excluding hydrogens is 486 g/mol. The molecule has 1 saturated heterocycles. The third kappa shape index (κ3) is 4.79. The first-order valence-corrected chi connectivity index (χ1v) is 11.1. The lowest BCUT2D eigenvalue weighted by molar-refractivity contribution is -0.227. The molecule has 0 unspecified atom stereocenters. The molecule has 174 valence electrons. The van der Waals surface area contributed by atoms with Crippen LogP contribution in [0, 0.1) is 0 Å². The second-order valence-electron chi connectivity index (χ2n) is 7.72. The minimum absolute atomic E-state index is 0.0590. The van der Waals surface area contributed by atoms with Crippen molar-refractivity contribution in [2.24, 2.45) is 0 Å². The number of halogens is 1. The highest BCUT2D eigenvalue weighted by Gasteiger charge is 2.51. The number of imide groups is 1. The lowest BCUT2D eigenvalue weighted by atomic mass is 9.98. The van der Waals surface area contributed by atoms with Gasteiger partial charge in [0.25, 0.3) is 5.91 Å². The molecule has 2 aliphatic rings. The Morgan fingerprint density at radius 1 is 1.28 bits per heavy atom. The number of benzene rings is 1. The van der Waals surface area contributed by atoms with Crippen molar-refractivity contribution in [1.29, 1.82) is 0 Å². The van der Waals surface area contributed by atoms with Gasteiger partial charge in [-0.2, -0.15) is 0 Å². The highest BCUT2D eigenvalue weighted by molar-refractivity contribution is 9.11. The number of hydrogen-bond donors (Lipinski definition) is 2. The van der Waals surface area contributed by atoms with Crippen molar-refractivity contribution >= 4 is 33.7 Å². The van der Waals surface area contributed by atoms with Crippen LogP contribution < -0.4 is 0 Å². The van der Waals surface area contributed by atoms with Gasteiger partial charge in [0.1, 0.15) is 6.10 Å². The van der Waals surface area contributed by atoms with Crippen molar-refractivity contribution in [1.82, 2.24) is 4.90 Å². The zero-order valence-corrected chi connectivity index (χ0v) is 19.4. The first-order valence-electron chi connectivity index (χ1n) is 10.3. The summed E-state index contributed by atoms with van der Waals surface area (Å²) in [6.45, 7) is 1.61. The molecule has 0 radical (unpaired) electrons. The number of carbonyl (C=O) groups excluding carboxylic acids is 3. The van der Waals surface area contributed by atoms with Gasteiger partial charge in [-0.05, 0) is 47.3 Å². The van der Waals surface area contributed by atoms with E-state index in [1.54, 1.807) is 31.2 Å². The number of aliphatic hydroxyl groups is 2. The Bertz CT molecular complexity index is 891. The largest absolute Gasteiger partial charge is 0.439 e. The summed E-state index contributed by atoms with van der Waals surface area (Å²) >= 11 is 3.15. The van der Waals surface area contributed by atoms with E-state index in [2.05, 4.69) is 15.9 Å². The summed E-state index contributed by atoms with van der Waals surface area (Å²) in [4.78, 5) is 39.4. The van der Waals surface area contributed by atoms with Crippen LogP contribution in [0.15, 0.2) is 40.9 Å². The fraction of sp³-hybridized carbons (Fsp3) is 0.500. The van der Waals surface area contributed by atoms with Crippen molar-refractivity contribution in [3.8, 4) is 0 Å². The van der Waals surface area contributed by atoms with E-state index in [0.29, 0.717) is 12.8 Å². The van der Waals surface area contributed by atoms with E-state index in [9.17, 15) is 19.5 Å². The Hall–Kier alpha value is -2.11. The fourth-order valence-electron chi connectivity index (χ4n) is 3.85. The maximum absolute atomic E-state index is 13.3. The molecule has 9 nitrogen and oxygen atoms in total. The third-order valence-electron chi connectivity index (χ3n) is 5.58. The molecule has 10 heteroatoms. The van der Waals surface area contributed by atoms with Gasteiger partial charge in [0.2, 0.25) is 0 Å². The average molecular weight is 512 g/mol. The van der Waals surface area contributed by atoms with Gasteiger partial charge in [-0.1, -0.05) is 30.3 Å². The van der Waals surface area contributed by atoms with Crippen LogP contribution >= 0.6 is 15.9 Å². The average Bonchev–Trinajstić information content (AvgIpc) is 3.07. The molecule has 1 aromatic rings. The molecule has 2 amide bonds. The number of methoxy groups -OCH3 is 1. The summed E-state index contributed by atoms with van der Waals surface area (Å²) in [7, 11) is 1.22. The predicted molar refractivity (Wildman–Crippen MR) is 116 cm³/mol. The van der Waals surface area contributed by atoms with Crippen LogP contribution in [0.25, 0.3) is 0 Å². The molecule has 3 rings (SSSR count). The second-order valence-corrected chi connectivity index (χ2v) is 8.57. The number of ketones is 1. The number of hydrogen-bond acceptors (Lipinski definition) is 8. The summed E-state index contributed by atoms with van der Waals surface area (Å²) < 4.78 is 16.5. The topological polar surface area (TPSA) is 123 Å². The minimum Gasteiger partial charge on any atom is -0.439 e. The van der Waals surface area contributed by atoms with E-state index in [-0.39, 0.29) is 17.5 Å². The van der Waals surface area contributed by atoms with Crippen LogP contribution in [-0.4, -0.2) is 70.7 Å². The van der Waals surface area contributed by atoms with Crippen molar-refractivity contribution in [3.63, 3.8) is 0 Å².